The predicted molar refractivity (Wildman–Crippen MR) is 77.0 cm³/mol. The summed E-state index contributed by atoms with van der Waals surface area (Å²) in [5.41, 5.74) is 6.01. The summed E-state index contributed by atoms with van der Waals surface area (Å²) in [5, 5.41) is 9.15. The van der Waals surface area contributed by atoms with Crippen molar-refractivity contribution in [1.82, 2.24) is 9.88 Å². The minimum atomic E-state index is -3.33. The van der Waals surface area contributed by atoms with Crippen LogP contribution in [0, 0.1) is 6.92 Å². The molecule has 2 heterocycles. The second kappa shape index (κ2) is 5.60. The van der Waals surface area contributed by atoms with Crippen LogP contribution < -0.4 is 5.73 Å². The number of carbonyl (C=O) groups excluding carboxylic acids is 1. The molecular weight excluding hydrogens is 318 g/mol. The maximum absolute atomic E-state index is 12.5. The van der Waals surface area contributed by atoms with Gasteiger partial charge in [-0.05, 0) is 6.92 Å². The number of nitrogen functional groups attached to an aromatic ring is 1. The second-order valence-electron chi connectivity index (χ2n) is 4.83. The zero-order chi connectivity index (χ0) is 15.8. The lowest BCUT2D eigenvalue weighted by atomic mass is 10.2. The van der Waals surface area contributed by atoms with Crippen molar-refractivity contribution >= 4 is 38.2 Å². The van der Waals surface area contributed by atoms with Crippen LogP contribution >= 0.6 is 11.3 Å². The third kappa shape index (κ3) is 3.50. The molecule has 2 rings (SSSR count). The van der Waals surface area contributed by atoms with E-state index < -0.39 is 34.2 Å². The smallest absolute Gasteiger partial charge is 0.305 e. The van der Waals surface area contributed by atoms with Crippen molar-refractivity contribution in [2.45, 2.75) is 19.4 Å². The Bertz CT molecular complexity index is 682. The van der Waals surface area contributed by atoms with Crippen molar-refractivity contribution in [3.63, 3.8) is 0 Å². The summed E-state index contributed by atoms with van der Waals surface area (Å²) < 4.78 is 23.3. The molecule has 1 unspecified atom stereocenters. The molecule has 21 heavy (non-hydrogen) atoms. The number of amides is 1. The molecule has 1 amide bonds. The quantitative estimate of drug-likeness (QED) is 0.779. The number of carbonyl (C=O) groups is 2. The first-order chi connectivity index (χ1) is 9.69. The Morgan fingerprint density at radius 2 is 2.19 bits per heavy atom. The Morgan fingerprint density at radius 1 is 1.52 bits per heavy atom. The lowest BCUT2D eigenvalue weighted by Gasteiger charge is -2.34. The summed E-state index contributed by atoms with van der Waals surface area (Å²) >= 11 is 1.02. The fourth-order valence-electron chi connectivity index (χ4n) is 2.27. The second-order valence-corrected chi connectivity index (χ2v) is 8.09. The summed E-state index contributed by atoms with van der Waals surface area (Å²) in [7, 11) is -3.33. The number of sulfone groups is 1. The van der Waals surface area contributed by atoms with Crippen molar-refractivity contribution in [2.75, 3.05) is 23.8 Å². The molecule has 1 fully saturated rings. The fourth-order valence-corrected chi connectivity index (χ4v) is 4.59. The van der Waals surface area contributed by atoms with E-state index in [4.69, 9.17) is 10.8 Å². The molecule has 0 bridgehead atoms. The lowest BCUT2D eigenvalue weighted by Crippen LogP contribution is -2.51. The minimum Gasteiger partial charge on any atom is -0.481 e. The molecule has 3 N–H and O–H groups in total. The highest BCUT2D eigenvalue weighted by molar-refractivity contribution is 7.91. The summed E-state index contributed by atoms with van der Waals surface area (Å²) in [4.78, 5) is 29.0. The van der Waals surface area contributed by atoms with E-state index in [0.29, 0.717) is 10.6 Å². The Morgan fingerprint density at radius 3 is 2.71 bits per heavy atom. The molecule has 0 spiro atoms. The predicted octanol–water partition coefficient (Wildman–Crippen LogP) is -0.252. The first kappa shape index (κ1) is 15.7. The number of nitrogens with zero attached hydrogens (tertiary/aromatic N) is 2. The van der Waals surface area contributed by atoms with Crippen molar-refractivity contribution in [3.05, 3.63) is 10.6 Å². The van der Waals surface area contributed by atoms with Gasteiger partial charge < -0.3 is 15.7 Å². The molecule has 116 valence electrons. The number of carboxylic acid groups (broad SMARTS) is 1. The first-order valence-electron chi connectivity index (χ1n) is 6.15. The van der Waals surface area contributed by atoms with Crippen molar-refractivity contribution < 1.29 is 23.1 Å². The Hall–Kier alpha value is -1.68. The zero-order valence-corrected chi connectivity index (χ0v) is 12.9. The zero-order valence-electron chi connectivity index (χ0n) is 11.3. The van der Waals surface area contributed by atoms with Crippen LogP contribution in [0.15, 0.2) is 0 Å². The molecule has 1 saturated heterocycles. The molecule has 1 aliphatic rings. The minimum absolute atomic E-state index is 0.0175. The number of thiazole rings is 1. The molecule has 8 nitrogen and oxygen atoms in total. The molecule has 1 aliphatic heterocycles. The third-order valence-electron chi connectivity index (χ3n) is 3.21. The van der Waals surface area contributed by atoms with Gasteiger partial charge in [0.25, 0.3) is 5.91 Å². The summed E-state index contributed by atoms with van der Waals surface area (Å²) in [6.45, 7) is 1.61. The van der Waals surface area contributed by atoms with Crippen molar-refractivity contribution in [1.29, 1.82) is 0 Å². The van der Waals surface area contributed by atoms with E-state index in [2.05, 4.69) is 4.98 Å². The van der Waals surface area contributed by atoms with Crippen LogP contribution in [0.1, 0.15) is 21.8 Å². The Balaban J connectivity index is 2.29. The molecule has 0 aromatic carbocycles. The van der Waals surface area contributed by atoms with E-state index in [9.17, 15) is 18.0 Å². The van der Waals surface area contributed by atoms with E-state index in [-0.39, 0.29) is 23.2 Å². The Kier molecular flexibility index (Phi) is 4.19. The highest BCUT2D eigenvalue weighted by atomic mass is 32.2. The number of carboxylic acids is 1. The standard InChI is InChI=1S/C11H15N3O5S2/c1-6-9(20-11(12)13-6)10(17)14-2-3-21(18,19)5-7(14)4-8(15)16/h7H,2-5H2,1H3,(H2,12,13)(H,15,16). The number of hydrogen-bond acceptors (Lipinski definition) is 7. The molecule has 0 saturated carbocycles. The number of hydrogen-bond donors (Lipinski definition) is 2. The van der Waals surface area contributed by atoms with Gasteiger partial charge in [-0.2, -0.15) is 0 Å². The molecule has 0 aliphatic carbocycles. The SMILES string of the molecule is Cc1nc(N)sc1C(=O)N1CCS(=O)(=O)CC1CC(=O)O. The van der Waals surface area contributed by atoms with Crippen LogP contribution in [0.4, 0.5) is 5.13 Å². The maximum atomic E-state index is 12.5. The average Bonchev–Trinajstić information content (AvgIpc) is 2.66. The van der Waals surface area contributed by atoms with Crippen LogP contribution in [0.25, 0.3) is 0 Å². The van der Waals surface area contributed by atoms with Crippen LogP contribution in [-0.2, 0) is 14.6 Å². The highest BCUT2D eigenvalue weighted by Gasteiger charge is 2.36. The number of rotatable bonds is 3. The van der Waals surface area contributed by atoms with E-state index in [1.165, 1.54) is 4.90 Å². The van der Waals surface area contributed by atoms with E-state index in [1.54, 1.807) is 6.92 Å². The van der Waals surface area contributed by atoms with Gasteiger partial charge in [0.05, 0.1) is 29.7 Å². The third-order valence-corrected chi connectivity index (χ3v) is 5.88. The number of anilines is 1. The van der Waals surface area contributed by atoms with E-state index in [0.717, 1.165) is 11.3 Å². The van der Waals surface area contributed by atoms with Gasteiger partial charge >= 0.3 is 5.97 Å². The largest absolute Gasteiger partial charge is 0.481 e. The van der Waals surface area contributed by atoms with Crippen LogP contribution in [-0.4, -0.2) is 59.4 Å². The van der Waals surface area contributed by atoms with Crippen molar-refractivity contribution in [2.24, 2.45) is 0 Å². The van der Waals surface area contributed by atoms with Gasteiger partial charge in [0.1, 0.15) is 4.88 Å². The maximum Gasteiger partial charge on any atom is 0.305 e. The molecule has 10 heteroatoms. The highest BCUT2D eigenvalue weighted by Crippen LogP contribution is 2.25. The van der Waals surface area contributed by atoms with Crippen LogP contribution in [0.2, 0.25) is 0 Å². The Labute approximate surface area is 125 Å². The molecule has 1 aromatic heterocycles. The molecular formula is C11H15N3O5S2. The van der Waals surface area contributed by atoms with Gasteiger partial charge in [-0.25, -0.2) is 13.4 Å². The lowest BCUT2D eigenvalue weighted by molar-refractivity contribution is -0.138. The van der Waals surface area contributed by atoms with Gasteiger partial charge in [-0.1, -0.05) is 11.3 Å². The van der Waals surface area contributed by atoms with Gasteiger partial charge in [0.15, 0.2) is 15.0 Å². The molecule has 1 atom stereocenters. The number of aromatic nitrogens is 1. The fraction of sp³-hybridized carbons (Fsp3) is 0.545. The average molecular weight is 333 g/mol. The summed E-state index contributed by atoms with van der Waals surface area (Å²) in [5.74, 6) is -2.06. The molecule has 0 radical (unpaired) electrons. The summed E-state index contributed by atoms with van der Waals surface area (Å²) in [6.07, 6.45) is -0.404. The van der Waals surface area contributed by atoms with Crippen molar-refractivity contribution in [3.8, 4) is 0 Å². The van der Waals surface area contributed by atoms with Crippen LogP contribution in [0.5, 0.6) is 0 Å². The monoisotopic (exact) mass is 333 g/mol. The normalized spacial score (nSPS) is 21.2. The topological polar surface area (TPSA) is 131 Å². The number of nitrogens with two attached hydrogens (primary N) is 1. The number of aryl methyl sites for hydroxylation is 1. The summed E-state index contributed by atoms with van der Waals surface area (Å²) in [6, 6.07) is -0.864. The van der Waals surface area contributed by atoms with Gasteiger partial charge in [-0.15, -0.1) is 0 Å². The van der Waals surface area contributed by atoms with Gasteiger partial charge in [0.2, 0.25) is 0 Å². The van der Waals surface area contributed by atoms with Gasteiger partial charge in [0, 0.05) is 6.54 Å². The molecule has 1 aromatic rings. The number of aliphatic carboxylic acids is 1. The van der Waals surface area contributed by atoms with E-state index in [1.807, 2.05) is 0 Å². The van der Waals surface area contributed by atoms with Gasteiger partial charge in [-0.3, -0.25) is 9.59 Å². The first-order valence-corrected chi connectivity index (χ1v) is 8.79. The van der Waals surface area contributed by atoms with Crippen LogP contribution in [0.3, 0.4) is 0 Å². The van der Waals surface area contributed by atoms with E-state index >= 15 is 0 Å².